The van der Waals surface area contributed by atoms with Crippen LogP contribution >= 0.6 is 0 Å². The van der Waals surface area contributed by atoms with Crippen LogP contribution in [0.25, 0.3) is 0 Å². The Balaban J connectivity index is 1.76. The zero-order valence-electron chi connectivity index (χ0n) is 12.2. The Hall–Kier alpha value is -2.04. The molecule has 1 aromatic rings. The van der Waals surface area contributed by atoms with Crippen LogP contribution in [0.4, 0.5) is 5.69 Å². The van der Waals surface area contributed by atoms with Gasteiger partial charge in [-0.3, -0.25) is 9.59 Å². The van der Waals surface area contributed by atoms with E-state index in [4.69, 9.17) is 4.74 Å². The highest BCUT2D eigenvalue weighted by atomic mass is 16.5. The lowest BCUT2D eigenvalue weighted by atomic mass is 9.90. The summed E-state index contributed by atoms with van der Waals surface area (Å²) in [5.74, 6) is 0.793. The maximum absolute atomic E-state index is 12.7. The number of hydrogen-bond donors (Lipinski definition) is 1. The molecule has 0 unspecified atom stereocenters. The first-order valence-corrected chi connectivity index (χ1v) is 7.42. The predicted molar refractivity (Wildman–Crippen MR) is 79.2 cm³/mol. The molecule has 1 aliphatic carbocycles. The lowest BCUT2D eigenvalue weighted by Crippen LogP contribution is -2.62. The van der Waals surface area contributed by atoms with Gasteiger partial charge in [-0.25, -0.2) is 0 Å². The van der Waals surface area contributed by atoms with Crippen molar-refractivity contribution in [2.75, 3.05) is 19.0 Å². The number of amides is 2. The fraction of sp³-hybridized carbons (Fsp3) is 0.500. The van der Waals surface area contributed by atoms with E-state index in [9.17, 15) is 9.59 Å². The van der Waals surface area contributed by atoms with E-state index in [0.29, 0.717) is 13.0 Å². The van der Waals surface area contributed by atoms with Crippen LogP contribution in [0.15, 0.2) is 24.3 Å². The van der Waals surface area contributed by atoms with Crippen molar-refractivity contribution in [3.63, 3.8) is 0 Å². The fourth-order valence-electron chi connectivity index (χ4n) is 3.27. The molecule has 2 amide bonds. The van der Waals surface area contributed by atoms with Crippen molar-refractivity contribution in [3.05, 3.63) is 24.3 Å². The maximum Gasteiger partial charge on any atom is 0.250 e. The Morgan fingerprint density at radius 3 is 2.38 bits per heavy atom. The SMILES string of the molecule is COc1ccc(NC(=O)C2(N3CCC3=O)CCCC2)cc1. The van der Waals surface area contributed by atoms with Crippen molar-refractivity contribution in [1.29, 1.82) is 0 Å². The number of hydrogen-bond acceptors (Lipinski definition) is 3. The lowest BCUT2D eigenvalue weighted by molar-refractivity contribution is -0.154. The van der Waals surface area contributed by atoms with Gasteiger partial charge < -0.3 is 15.0 Å². The molecule has 0 aromatic heterocycles. The third-order valence-corrected chi connectivity index (χ3v) is 4.57. The maximum atomic E-state index is 12.7. The second kappa shape index (κ2) is 5.39. The topological polar surface area (TPSA) is 58.6 Å². The van der Waals surface area contributed by atoms with E-state index in [-0.39, 0.29) is 11.8 Å². The van der Waals surface area contributed by atoms with Crippen molar-refractivity contribution in [2.24, 2.45) is 0 Å². The van der Waals surface area contributed by atoms with Crippen LogP contribution in [0.5, 0.6) is 5.75 Å². The lowest BCUT2D eigenvalue weighted by Gasteiger charge is -2.45. The smallest absolute Gasteiger partial charge is 0.250 e. The summed E-state index contributed by atoms with van der Waals surface area (Å²) in [4.78, 5) is 26.3. The van der Waals surface area contributed by atoms with Crippen LogP contribution in [-0.2, 0) is 9.59 Å². The Morgan fingerprint density at radius 2 is 1.90 bits per heavy atom. The van der Waals surface area contributed by atoms with Gasteiger partial charge >= 0.3 is 0 Å². The number of carbonyl (C=O) groups excluding carboxylic acids is 2. The fourth-order valence-corrected chi connectivity index (χ4v) is 3.27. The van der Waals surface area contributed by atoms with Gasteiger partial charge in [0.2, 0.25) is 11.8 Å². The molecule has 1 saturated carbocycles. The summed E-state index contributed by atoms with van der Waals surface area (Å²) in [6.07, 6.45) is 4.10. The summed E-state index contributed by atoms with van der Waals surface area (Å²) in [5.41, 5.74) is 0.106. The van der Waals surface area contributed by atoms with Crippen LogP contribution in [0.1, 0.15) is 32.1 Å². The molecule has 0 bridgehead atoms. The average Bonchev–Trinajstić information content (AvgIpc) is 2.97. The molecular formula is C16H20N2O3. The third-order valence-electron chi connectivity index (χ3n) is 4.57. The Kier molecular flexibility index (Phi) is 3.57. The van der Waals surface area contributed by atoms with Gasteiger partial charge in [0.05, 0.1) is 7.11 Å². The minimum Gasteiger partial charge on any atom is -0.497 e. The van der Waals surface area contributed by atoms with E-state index in [1.807, 2.05) is 24.3 Å². The minimum atomic E-state index is -0.630. The molecule has 21 heavy (non-hydrogen) atoms. The largest absolute Gasteiger partial charge is 0.497 e. The van der Waals surface area contributed by atoms with Crippen LogP contribution in [-0.4, -0.2) is 35.9 Å². The highest BCUT2D eigenvalue weighted by Crippen LogP contribution is 2.39. The molecule has 3 rings (SSSR count). The van der Waals surface area contributed by atoms with Crippen LogP contribution < -0.4 is 10.1 Å². The number of likely N-dealkylation sites (tertiary alicyclic amines) is 1. The second-order valence-electron chi connectivity index (χ2n) is 5.72. The molecule has 112 valence electrons. The number of benzene rings is 1. The predicted octanol–water partition coefficient (Wildman–Crippen LogP) is 2.18. The van der Waals surface area contributed by atoms with Crippen molar-refractivity contribution in [3.8, 4) is 5.75 Å². The van der Waals surface area contributed by atoms with Crippen molar-refractivity contribution in [2.45, 2.75) is 37.6 Å². The van der Waals surface area contributed by atoms with Gasteiger partial charge in [0.25, 0.3) is 0 Å². The number of anilines is 1. The number of rotatable bonds is 4. The zero-order chi connectivity index (χ0) is 14.9. The molecule has 0 atom stereocenters. The highest BCUT2D eigenvalue weighted by Gasteiger charge is 2.51. The first-order valence-electron chi connectivity index (χ1n) is 7.42. The van der Waals surface area contributed by atoms with E-state index in [0.717, 1.165) is 37.1 Å². The first kappa shape index (κ1) is 13.9. The molecule has 2 aliphatic rings. The Morgan fingerprint density at radius 1 is 1.24 bits per heavy atom. The molecule has 0 radical (unpaired) electrons. The van der Waals surface area contributed by atoms with Gasteiger partial charge in [0, 0.05) is 18.7 Å². The van der Waals surface area contributed by atoms with Gasteiger partial charge in [-0.05, 0) is 37.1 Å². The summed E-state index contributed by atoms with van der Waals surface area (Å²) < 4.78 is 5.11. The monoisotopic (exact) mass is 288 g/mol. The number of nitrogens with zero attached hydrogens (tertiary/aromatic N) is 1. The number of methoxy groups -OCH3 is 1. The zero-order valence-corrected chi connectivity index (χ0v) is 12.2. The van der Waals surface area contributed by atoms with Gasteiger partial charge in [-0.1, -0.05) is 12.8 Å². The highest BCUT2D eigenvalue weighted by molar-refractivity contribution is 6.01. The van der Waals surface area contributed by atoms with Crippen LogP contribution in [0.2, 0.25) is 0 Å². The second-order valence-corrected chi connectivity index (χ2v) is 5.72. The standard InChI is InChI=1S/C16H20N2O3/c1-21-13-6-4-12(5-7-13)17-15(20)16(9-2-3-10-16)18-11-8-14(18)19/h4-7H,2-3,8-11H2,1H3,(H,17,20). The molecular weight excluding hydrogens is 268 g/mol. The Labute approximate surface area is 124 Å². The number of ether oxygens (including phenoxy) is 1. The molecule has 1 aromatic carbocycles. The van der Waals surface area contributed by atoms with E-state index >= 15 is 0 Å². The van der Waals surface area contributed by atoms with Crippen LogP contribution in [0, 0.1) is 0 Å². The molecule has 1 aliphatic heterocycles. The summed E-state index contributed by atoms with van der Waals surface area (Å²) >= 11 is 0. The molecule has 1 heterocycles. The van der Waals surface area contributed by atoms with E-state index in [1.165, 1.54) is 0 Å². The quantitative estimate of drug-likeness (QED) is 0.864. The number of β-lactam (4-membered cyclic amide) rings is 1. The van der Waals surface area contributed by atoms with E-state index < -0.39 is 5.54 Å². The number of nitrogens with one attached hydrogen (secondary N) is 1. The summed E-state index contributed by atoms with van der Waals surface area (Å²) in [6, 6.07) is 7.26. The summed E-state index contributed by atoms with van der Waals surface area (Å²) in [7, 11) is 1.61. The molecule has 2 fully saturated rings. The van der Waals surface area contributed by atoms with E-state index in [1.54, 1.807) is 12.0 Å². The Bertz CT molecular complexity index is 547. The molecule has 5 nitrogen and oxygen atoms in total. The van der Waals surface area contributed by atoms with Gasteiger partial charge in [0.1, 0.15) is 11.3 Å². The van der Waals surface area contributed by atoms with Crippen molar-refractivity contribution < 1.29 is 14.3 Å². The molecule has 5 heteroatoms. The molecule has 1 N–H and O–H groups in total. The van der Waals surface area contributed by atoms with Crippen LogP contribution in [0.3, 0.4) is 0 Å². The van der Waals surface area contributed by atoms with Crippen molar-refractivity contribution >= 4 is 17.5 Å². The minimum absolute atomic E-state index is 0.0572. The first-order chi connectivity index (χ1) is 10.2. The summed E-state index contributed by atoms with van der Waals surface area (Å²) in [5, 5.41) is 2.96. The van der Waals surface area contributed by atoms with Gasteiger partial charge in [-0.2, -0.15) is 0 Å². The normalized spacial score (nSPS) is 20.0. The van der Waals surface area contributed by atoms with Gasteiger partial charge in [0.15, 0.2) is 0 Å². The van der Waals surface area contributed by atoms with Crippen molar-refractivity contribution in [1.82, 2.24) is 4.90 Å². The van der Waals surface area contributed by atoms with E-state index in [2.05, 4.69) is 5.32 Å². The number of carbonyl (C=O) groups is 2. The molecule has 1 saturated heterocycles. The third kappa shape index (κ3) is 2.37. The summed E-state index contributed by atoms with van der Waals surface area (Å²) in [6.45, 7) is 0.703. The van der Waals surface area contributed by atoms with Gasteiger partial charge in [-0.15, -0.1) is 0 Å². The molecule has 0 spiro atoms. The average molecular weight is 288 g/mol.